The number of nitrogens with zero attached hydrogens (tertiary/aromatic N) is 1. The van der Waals surface area contributed by atoms with Gasteiger partial charge in [0.15, 0.2) is 15.4 Å². The summed E-state index contributed by atoms with van der Waals surface area (Å²) in [6.45, 7) is 0. The molecule has 0 aliphatic carbocycles. The van der Waals surface area contributed by atoms with Gasteiger partial charge in [0.25, 0.3) is 0 Å². The Morgan fingerprint density at radius 3 is 2.60 bits per heavy atom. The Labute approximate surface area is 116 Å². The first-order valence-corrected chi connectivity index (χ1v) is 7.62. The first-order valence-electron chi connectivity index (χ1n) is 5.97. The van der Waals surface area contributed by atoms with Crippen LogP contribution in [0.15, 0.2) is 57.8 Å². The second-order valence-corrected chi connectivity index (χ2v) is 6.40. The molecule has 0 amide bonds. The summed E-state index contributed by atoms with van der Waals surface area (Å²) in [6.07, 6.45) is 0. The van der Waals surface area contributed by atoms with Crippen LogP contribution in [0.5, 0.6) is 0 Å². The molecule has 2 aromatic carbocycles. The van der Waals surface area contributed by atoms with Crippen LogP contribution in [0.3, 0.4) is 0 Å². The molecule has 1 heterocycles. The number of sulfone groups is 1. The molecule has 6 heteroatoms. The summed E-state index contributed by atoms with van der Waals surface area (Å²) >= 11 is 0. The van der Waals surface area contributed by atoms with Gasteiger partial charge < -0.3 is 10.2 Å². The van der Waals surface area contributed by atoms with E-state index in [9.17, 15) is 8.42 Å². The largest absolute Gasteiger partial charge is 0.439 e. The summed E-state index contributed by atoms with van der Waals surface area (Å²) < 4.78 is 29.9. The Balaban J connectivity index is 1.97. The summed E-state index contributed by atoms with van der Waals surface area (Å²) in [5.41, 5.74) is 7.28. The predicted octanol–water partition coefficient (Wildman–Crippen LogP) is 2.38. The molecule has 5 nitrogen and oxygen atoms in total. The Hall–Kier alpha value is -2.34. The summed E-state index contributed by atoms with van der Waals surface area (Å²) in [4.78, 5) is 4.41. The molecule has 20 heavy (non-hydrogen) atoms. The minimum atomic E-state index is -3.46. The number of benzene rings is 2. The van der Waals surface area contributed by atoms with Gasteiger partial charge in [-0.15, -0.1) is 0 Å². The van der Waals surface area contributed by atoms with Gasteiger partial charge in [0.2, 0.25) is 5.89 Å². The molecule has 0 radical (unpaired) electrons. The fraction of sp³-hybridized carbons (Fsp3) is 0.0714. The van der Waals surface area contributed by atoms with Crippen molar-refractivity contribution in [2.45, 2.75) is 10.6 Å². The number of oxazole rings is 1. The predicted molar refractivity (Wildman–Crippen MR) is 75.8 cm³/mol. The van der Waals surface area contributed by atoms with Gasteiger partial charge in [-0.3, -0.25) is 0 Å². The molecule has 2 N–H and O–H groups in total. The van der Waals surface area contributed by atoms with Crippen molar-refractivity contribution in [1.82, 2.24) is 4.98 Å². The monoisotopic (exact) mass is 288 g/mol. The van der Waals surface area contributed by atoms with Gasteiger partial charge in [0.05, 0.1) is 4.90 Å². The van der Waals surface area contributed by atoms with E-state index in [1.807, 2.05) is 0 Å². The Kier molecular flexibility index (Phi) is 2.94. The molecule has 0 fully saturated rings. The highest BCUT2D eigenvalue weighted by Crippen LogP contribution is 2.21. The molecule has 102 valence electrons. The van der Waals surface area contributed by atoms with Gasteiger partial charge in [0, 0.05) is 11.8 Å². The van der Waals surface area contributed by atoms with Gasteiger partial charge in [-0.2, -0.15) is 0 Å². The van der Waals surface area contributed by atoms with Crippen molar-refractivity contribution < 1.29 is 12.8 Å². The molecule has 0 spiro atoms. The normalized spacial score (nSPS) is 11.8. The van der Waals surface area contributed by atoms with Crippen LogP contribution in [-0.4, -0.2) is 13.4 Å². The standard InChI is InChI=1S/C14H12N2O3S/c15-10-6-7-12-13(8-10)19-14(16-12)9-20(17,18)11-4-2-1-3-5-11/h1-8H,9,15H2. The van der Waals surface area contributed by atoms with Crippen LogP contribution in [0.4, 0.5) is 5.69 Å². The van der Waals surface area contributed by atoms with E-state index < -0.39 is 9.84 Å². The van der Waals surface area contributed by atoms with Gasteiger partial charge in [-0.25, -0.2) is 13.4 Å². The lowest BCUT2D eigenvalue weighted by Crippen LogP contribution is -2.04. The quantitative estimate of drug-likeness (QED) is 0.748. The molecule has 1 aromatic heterocycles. The second kappa shape index (κ2) is 4.64. The minimum Gasteiger partial charge on any atom is -0.439 e. The number of nitrogen functional groups attached to an aromatic ring is 1. The fourth-order valence-electron chi connectivity index (χ4n) is 1.92. The number of fused-ring (bicyclic) bond motifs is 1. The van der Waals surface area contributed by atoms with E-state index in [-0.39, 0.29) is 16.5 Å². The zero-order valence-electron chi connectivity index (χ0n) is 10.5. The van der Waals surface area contributed by atoms with Crippen molar-refractivity contribution >= 4 is 26.6 Å². The summed E-state index contributed by atoms with van der Waals surface area (Å²) in [7, 11) is -3.46. The molecule has 0 bridgehead atoms. The van der Waals surface area contributed by atoms with Crippen LogP contribution < -0.4 is 5.73 Å². The van der Waals surface area contributed by atoms with E-state index in [1.54, 1.807) is 48.5 Å². The Morgan fingerprint density at radius 1 is 1.10 bits per heavy atom. The highest BCUT2D eigenvalue weighted by molar-refractivity contribution is 7.90. The number of aromatic nitrogens is 1. The first kappa shape index (κ1) is 12.7. The minimum absolute atomic E-state index is 0.162. The molecule has 0 atom stereocenters. The molecular weight excluding hydrogens is 276 g/mol. The van der Waals surface area contributed by atoms with Crippen molar-refractivity contribution in [2.24, 2.45) is 0 Å². The molecule has 3 aromatic rings. The highest BCUT2D eigenvalue weighted by Gasteiger charge is 2.18. The maximum atomic E-state index is 12.2. The second-order valence-electron chi connectivity index (χ2n) is 4.41. The van der Waals surface area contributed by atoms with Crippen LogP contribution in [0.25, 0.3) is 11.1 Å². The van der Waals surface area contributed by atoms with Gasteiger partial charge in [-0.05, 0) is 24.3 Å². The highest BCUT2D eigenvalue weighted by atomic mass is 32.2. The molecule has 3 rings (SSSR count). The molecule has 0 aliphatic rings. The number of anilines is 1. The van der Waals surface area contributed by atoms with Gasteiger partial charge in [0.1, 0.15) is 11.3 Å². The van der Waals surface area contributed by atoms with Gasteiger partial charge in [-0.1, -0.05) is 18.2 Å². The van der Waals surface area contributed by atoms with Crippen LogP contribution in [0.2, 0.25) is 0 Å². The summed E-state index contributed by atoms with van der Waals surface area (Å²) in [5.74, 6) is -0.111. The number of nitrogens with two attached hydrogens (primary N) is 1. The van der Waals surface area contributed by atoms with Crippen LogP contribution in [-0.2, 0) is 15.6 Å². The van der Waals surface area contributed by atoms with E-state index in [2.05, 4.69) is 4.98 Å². The molecular formula is C14H12N2O3S. The lowest BCUT2D eigenvalue weighted by atomic mass is 10.3. The van der Waals surface area contributed by atoms with Crippen molar-refractivity contribution in [3.05, 3.63) is 54.4 Å². The Bertz CT molecular complexity index is 855. The van der Waals surface area contributed by atoms with Crippen LogP contribution in [0.1, 0.15) is 5.89 Å². The lowest BCUT2D eigenvalue weighted by molar-refractivity contribution is 0.540. The maximum absolute atomic E-state index is 12.2. The first-order chi connectivity index (χ1) is 9.54. The lowest BCUT2D eigenvalue weighted by Gasteiger charge is -2.00. The van der Waals surface area contributed by atoms with Crippen molar-refractivity contribution in [2.75, 3.05) is 5.73 Å². The van der Waals surface area contributed by atoms with Crippen molar-refractivity contribution in [3.63, 3.8) is 0 Å². The SMILES string of the molecule is Nc1ccc2nc(CS(=O)(=O)c3ccccc3)oc2c1. The molecule has 0 saturated carbocycles. The van der Waals surface area contributed by atoms with E-state index in [4.69, 9.17) is 10.2 Å². The van der Waals surface area contributed by atoms with E-state index in [0.717, 1.165) is 0 Å². The third kappa shape index (κ3) is 2.37. The fourth-order valence-corrected chi connectivity index (χ4v) is 3.11. The topological polar surface area (TPSA) is 86.2 Å². The maximum Gasteiger partial charge on any atom is 0.211 e. The van der Waals surface area contributed by atoms with Crippen molar-refractivity contribution in [3.8, 4) is 0 Å². The molecule has 0 unspecified atom stereocenters. The molecule has 0 saturated heterocycles. The Morgan fingerprint density at radius 2 is 1.85 bits per heavy atom. The smallest absolute Gasteiger partial charge is 0.211 e. The number of rotatable bonds is 3. The average molecular weight is 288 g/mol. The van der Waals surface area contributed by atoms with Crippen LogP contribution in [0, 0.1) is 0 Å². The third-order valence-electron chi connectivity index (χ3n) is 2.87. The van der Waals surface area contributed by atoms with Gasteiger partial charge >= 0.3 is 0 Å². The van der Waals surface area contributed by atoms with Crippen molar-refractivity contribution in [1.29, 1.82) is 0 Å². The summed E-state index contributed by atoms with van der Waals surface area (Å²) in [6, 6.07) is 13.3. The van der Waals surface area contributed by atoms with Crippen LogP contribution >= 0.6 is 0 Å². The number of hydrogen-bond acceptors (Lipinski definition) is 5. The third-order valence-corrected chi connectivity index (χ3v) is 4.49. The zero-order valence-corrected chi connectivity index (χ0v) is 11.3. The molecule has 0 aliphatic heterocycles. The van der Waals surface area contributed by atoms with E-state index >= 15 is 0 Å². The summed E-state index contributed by atoms with van der Waals surface area (Å²) in [5, 5.41) is 0. The van der Waals surface area contributed by atoms with E-state index in [1.165, 1.54) is 0 Å². The number of hydrogen-bond donors (Lipinski definition) is 1. The van der Waals surface area contributed by atoms with E-state index in [0.29, 0.717) is 16.8 Å². The zero-order chi connectivity index (χ0) is 14.2. The average Bonchev–Trinajstić information content (AvgIpc) is 2.80.